The summed E-state index contributed by atoms with van der Waals surface area (Å²) in [5, 5.41) is 5.54. The molecule has 27 heavy (non-hydrogen) atoms. The van der Waals surface area contributed by atoms with Crippen molar-refractivity contribution in [2.75, 3.05) is 19.6 Å². The average Bonchev–Trinajstić information content (AvgIpc) is 3.00. The zero-order valence-corrected chi connectivity index (χ0v) is 16.2. The van der Waals surface area contributed by atoms with Gasteiger partial charge in [-0.05, 0) is 25.3 Å². The SMILES string of the molecule is Cc1ccc(CNC(=O)C2CCN(C(=O)C3CC(F)(F)CN3)CC2)cc1.Cl. The number of likely N-dealkylation sites (tertiary alicyclic amines) is 1. The number of hydrogen-bond donors (Lipinski definition) is 2. The molecular formula is C19H26ClF2N3O2. The first-order valence-corrected chi connectivity index (χ1v) is 9.07. The molecule has 150 valence electrons. The Bertz CT molecular complexity index is 661. The van der Waals surface area contributed by atoms with Crippen LogP contribution in [0.2, 0.25) is 0 Å². The van der Waals surface area contributed by atoms with Crippen LogP contribution in [0.5, 0.6) is 0 Å². The summed E-state index contributed by atoms with van der Waals surface area (Å²) in [6.07, 6.45) is 0.686. The van der Waals surface area contributed by atoms with E-state index in [-0.39, 0.29) is 30.1 Å². The molecule has 2 fully saturated rings. The predicted octanol–water partition coefficient (Wildman–Crippen LogP) is 2.27. The van der Waals surface area contributed by atoms with Gasteiger partial charge in [-0.2, -0.15) is 0 Å². The number of halogens is 3. The van der Waals surface area contributed by atoms with E-state index in [0.717, 1.165) is 5.56 Å². The first-order chi connectivity index (χ1) is 12.3. The Morgan fingerprint density at radius 3 is 2.41 bits per heavy atom. The molecule has 2 N–H and O–H groups in total. The van der Waals surface area contributed by atoms with E-state index in [1.807, 2.05) is 31.2 Å². The molecule has 2 saturated heterocycles. The van der Waals surface area contributed by atoms with Crippen molar-refractivity contribution in [1.29, 1.82) is 0 Å². The van der Waals surface area contributed by atoms with Crippen molar-refractivity contribution < 1.29 is 18.4 Å². The van der Waals surface area contributed by atoms with E-state index in [4.69, 9.17) is 0 Å². The van der Waals surface area contributed by atoms with E-state index in [0.29, 0.717) is 32.5 Å². The Hall–Kier alpha value is -1.73. The molecule has 2 aliphatic heterocycles. The van der Waals surface area contributed by atoms with E-state index >= 15 is 0 Å². The van der Waals surface area contributed by atoms with Crippen LogP contribution in [-0.4, -0.2) is 48.3 Å². The molecule has 0 aromatic heterocycles. The number of carbonyl (C=O) groups excluding carboxylic acids is 2. The van der Waals surface area contributed by atoms with Gasteiger partial charge in [0.05, 0.1) is 12.6 Å². The lowest BCUT2D eigenvalue weighted by molar-refractivity contribution is -0.137. The fourth-order valence-corrected chi connectivity index (χ4v) is 3.51. The van der Waals surface area contributed by atoms with Gasteiger partial charge in [-0.25, -0.2) is 8.78 Å². The van der Waals surface area contributed by atoms with Crippen LogP contribution in [0.15, 0.2) is 24.3 Å². The molecule has 5 nitrogen and oxygen atoms in total. The second kappa shape index (κ2) is 8.97. The molecule has 1 unspecified atom stereocenters. The lowest BCUT2D eigenvalue weighted by atomic mass is 9.95. The van der Waals surface area contributed by atoms with Crippen LogP contribution in [0.1, 0.15) is 30.4 Å². The van der Waals surface area contributed by atoms with E-state index in [2.05, 4.69) is 10.6 Å². The standard InChI is InChI=1S/C19H25F2N3O2.ClH/c1-13-2-4-14(5-3-13)11-22-17(25)15-6-8-24(9-7-15)18(26)16-10-19(20,21)12-23-16;/h2-5,15-16,23H,6-12H2,1H3,(H,22,25);1H. The first kappa shape index (κ1) is 21.6. The number of nitrogens with zero attached hydrogens (tertiary/aromatic N) is 1. The van der Waals surface area contributed by atoms with Crippen LogP contribution in [0, 0.1) is 12.8 Å². The highest BCUT2D eigenvalue weighted by molar-refractivity contribution is 5.85. The monoisotopic (exact) mass is 401 g/mol. The number of benzene rings is 1. The van der Waals surface area contributed by atoms with E-state index < -0.39 is 24.9 Å². The molecule has 0 aliphatic carbocycles. The Kier molecular flexibility index (Phi) is 7.17. The number of piperidine rings is 1. The average molecular weight is 402 g/mol. The van der Waals surface area contributed by atoms with Crippen molar-refractivity contribution in [1.82, 2.24) is 15.5 Å². The molecule has 3 rings (SSSR count). The molecule has 2 heterocycles. The van der Waals surface area contributed by atoms with Gasteiger partial charge in [0.25, 0.3) is 5.92 Å². The summed E-state index contributed by atoms with van der Waals surface area (Å²) in [6.45, 7) is 2.93. The molecule has 1 atom stereocenters. The fraction of sp³-hybridized carbons (Fsp3) is 0.579. The molecule has 2 aliphatic rings. The Morgan fingerprint density at radius 2 is 1.85 bits per heavy atom. The summed E-state index contributed by atoms with van der Waals surface area (Å²) in [7, 11) is 0. The summed E-state index contributed by atoms with van der Waals surface area (Å²) in [6, 6.07) is 7.18. The van der Waals surface area contributed by atoms with E-state index in [1.54, 1.807) is 4.90 Å². The second-order valence-corrected chi connectivity index (χ2v) is 7.30. The van der Waals surface area contributed by atoms with Crippen LogP contribution in [-0.2, 0) is 16.1 Å². The van der Waals surface area contributed by atoms with Crippen molar-refractivity contribution in [2.45, 2.75) is 44.7 Å². The van der Waals surface area contributed by atoms with Gasteiger partial charge in [0.1, 0.15) is 0 Å². The van der Waals surface area contributed by atoms with Crippen molar-refractivity contribution in [2.24, 2.45) is 5.92 Å². The highest BCUT2D eigenvalue weighted by atomic mass is 35.5. The molecule has 1 aromatic rings. The van der Waals surface area contributed by atoms with Crippen molar-refractivity contribution in [3.05, 3.63) is 35.4 Å². The number of hydrogen-bond acceptors (Lipinski definition) is 3. The summed E-state index contributed by atoms with van der Waals surface area (Å²) >= 11 is 0. The second-order valence-electron chi connectivity index (χ2n) is 7.30. The van der Waals surface area contributed by atoms with Crippen LogP contribution in [0.4, 0.5) is 8.78 Å². The predicted molar refractivity (Wildman–Crippen MR) is 101 cm³/mol. The van der Waals surface area contributed by atoms with Crippen LogP contribution in [0.3, 0.4) is 0 Å². The number of nitrogens with one attached hydrogen (secondary N) is 2. The van der Waals surface area contributed by atoms with Gasteiger partial charge < -0.3 is 10.2 Å². The summed E-state index contributed by atoms with van der Waals surface area (Å²) in [5.74, 6) is -3.24. The Morgan fingerprint density at radius 1 is 1.22 bits per heavy atom. The third-order valence-corrected chi connectivity index (χ3v) is 5.17. The Labute approximate surface area is 164 Å². The van der Waals surface area contributed by atoms with Gasteiger partial charge >= 0.3 is 0 Å². The summed E-state index contributed by atoms with van der Waals surface area (Å²) in [4.78, 5) is 26.3. The number of aryl methyl sites for hydroxylation is 1. The fourth-order valence-electron chi connectivity index (χ4n) is 3.51. The molecule has 1 aromatic carbocycles. The maximum atomic E-state index is 13.3. The Balaban J connectivity index is 0.00000261. The zero-order chi connectivity index (χ0) is 18.7. The van der Waals surface area contributed by atoms with E-state index in [1.165, 1.54) is 5.56 Å². The molecule has 0 bridgehead atoms. The third kappa shape index (κ3) is 5.62. The van der Waals surface area contributed by atoms with Crippen molar-refractivity contribution >= 4 is 24.2 Å². The number of alkyl halides is 2. The lowest BCUT2D eigenvalue weighted by Crippen LogP contribution is -2.48. The van der Waals surface area contributed by atoms with Crippen LogP contribution >= 0.6 is 12.4 Å². The number of rotatable bonds is 4. The summed E-state index contributed by atoms with van der Waals surface area (Å²) in [5.41, 5.74) is 2.22. The topological polar surface area (TPSA) is 61.4 Å². The number of amides is 2. The first-order valence-electron chi connectivity index (χ1n) is 9.07. The molecular weight excluding hydrogens is 376 g/mol. The molecule has 8 heteroatoms. The van der Waals surface area contributed by atoms with Crippen molar-refractivity contribution in [3.8, 4) is 0 Å². The largest absolute Gasteiger partial charge is 0.352 e. The molecule has 0 radical (unpaired) electrons. The summed E-state index contributed by atoms with van der Waals surface area (Å²) < 4.78 is 26.5. The minimum absolute atomic E-state index is 0. The normalized spacial score (nSPS) is 22.2. The van der Waals surface area contributed by atoms with E-state index in [9.17, 15) is 18.4 Å². The van der Waals surface area contributed by atoms with Gasteiger partial charge in [0.15, 0.2) is 0 Å². The minimum Gasteiger partial charge on any atom is -0.352 e. The highest BCUT2D eigenvalue weighted by Gasteiger charge is 2.44. The van der Waals surface area contributed by atoms with Crippen molar-refractivity contribution in [3.63, 3.8) is 0 Å². The maximum absolute atomic E-state index is 13.3. The zero-order valence-electron chi connectivity index (χ0n) is 15.3. The van der Waals surface area contributed by atoms with Gasteiger partial charge in [0, 0.05) is 32.0 Å². The highest BCUT2D eigenvalue weighted by Crippen LogP contribution is 2.27. The lowest BCUT2D eigenvalue weighted by Gasteiger charge is -2.33. The van der Waals surface area contributed by atoms with Gasteiger partial charge in [-0.15, -0.1) is 12.4 Å². The third-order valence-electron chi connectivity index (χ3n) is 5.17. The molecule has 0 saturated carbocycles. The van der Waals surface area contributed by atoms with Crippen LogP contribution < -0.4 is 10.6 Å². The molecule has 2 amide bonds. The van der Waals surface area contributed by atoms with Gasteiger partial charge in [-0.3, -0.25) is 14.9 Å². The maximum Gasteiger partial charge on any atom is 0.262 e. The number of carbonyl (C=O) groups is 2. The van der Waals surface area contributed by atoms with Crippen LogP contribution in [0.25, 0.3) is 0 Å². The van der Waals surface area contributed by atoms with Gasteiger partial charge in [0.2, 0.25) is 11.8 Å². The molecule has 0 spiro atoms. The van der Waals surface area contributed by atoms with Gasteiger partial charge in [-0.1, -0.05) is 29.8 Å². The smallest absolute Gasteiger partial charge is 0.262 e. The quantitative estimate of drug-likeness (QED) is 0.813. The minimum atomic E-state index is -2.81.